The molecule has 0 bridgehead atoms. The van der Waals surface area contributed by atoms with Crippen molar-refractivity contribution in [1.29, 1.82) is 0 Å². The number of alkyl halides is 3. The van der Waals surface area contributed by atoms with Crippen molar-refractivity contribution in [2.45, 2.75) is 31.9 Å². The van der Waals surface area contributed by atoms with Crippen LogP contribution in [0.5, 0.6) is 11.5 Å². The Morgan fingerprint density at radius 2 is 1.79 bits per heavy atom. The molecule has 2 N–H and O–H groups in total. The fourth-order valence-corrected chi connectivity index (χ4v) is 4.09. The van der Waals surface area contributed by atoms with Gasteiger partial charge in [0.15, 0.2) is 5.76 Å². The zero-order valence-corrected chi connectivity index (χ0v) is 19.7. The van der Waals surface area contributed by atoms with Crippen LogP contribution in [0.2, 0.25) is 0 Å². The van der Waals surface area contributed by atoms with Gasteiger partial charge in [-0.3, -0.25) is 9.59 Å². The highest BCUT2D eigenvalue weighted by molar-refractivity contribution is 6.06. The third-order valence-corrected chi connectivity index (χ3v) is 6.09. The number of hydrogen-bond donors (Lipinski definition) is 2. The molecule has 6 nitrogen and oxygen atoms in total. The number of carbonyl (C=O) groups is 1. The zero-order chi connectivity index (χ0) is 27.2. The molecule has 0 radical (unpaired) electrons. The Labute approximate surface area is 212 Å². The first-order valence-electron chi connectivity index (χ1n) is 11.5. The van der Waals surface area contributed by atoms with Crippen LogP contribution in [0, 0.1) is 18.6 Å². The summed E-state index contributed by atoms with van der Waals surface area (Å²) in [4.78, 5) is 24.7. The van der Waals surface area contributed by atoms with E-state index in [-0.39, 0.29) is 40.0 Å². The summed E-state index contributed by atoms with van der Waals surface area (Å²) in [7, 11) is 0. The van der Waals surface area contributed by atoms with Gasteiger partial charge in [-0.25, -0.2) is 8.78 Å². The monoisotopic (exact) mass is 530 g/mol. The maximum atomic E-state index is 14.3. The Kier molecular flexibility index (Phi) is 6.29. The Morgan fingerprint density at radius 3 is 2.42 bits per heavy atom. The highest BCUT2D eigenvalue weighted by Crippen LogP contribution is 2.48. The van der Waals surface area contributed by atoms with Gasteiger partial charge in [0, 0.05) is 5.69 Å². The number of aromatic amines is 1. The largest absolute Gasteiger partial charge is 0.456 e. The van der Waals surface area contributed by atoms with Crippen LogP contribution in [-0.2, 0) is 6.18 Å². The van der Waals surface area contributed by atoms with E-state index in [1.54, 1.807) is 6.92 Å². The summed E-state index contributed by atoms with van der Waals surface area (Å²) in [6.07, 6.45) is -3.60. The summed E-state index contributed by atoms with van der Waals surface area (Å²) in [5.41, 5.74) is -1.73. The van der Waals surface area contributed by atoms with E-state index < -0.39 is 40.4 Å². The predicted molar refractivity (Wildman–Crippen MR) is 127 cm³/mol. The quantitative estimate of drug-likeness (QED) is 0.259. The molecule has 1 heterocycles. The minimum Gasteiger partial charge on any atom is -0.456 e. The lowest BCUT2D eigenvalue weighted by Gasteiger charge is -2.19. The first-order valence-corrected chi connectivity index (χ1v) is 11.5. The number of aryl methyl sites for hydroxylation is 1. The first-order chi connectivity index (χ1) is 18.0. The molecule has 3 aromatic carbocycles. The number of rotatable bonds is 6. The fraction of sp³-hybridized carbons (Fsp3) is 0.185. The van der Waals surface area contributed by atoms with E-state index in [0.29, 0.717) is 18.4 Å². The Balaban J connectivity index is 1.56. The van der Waals surface area contributed by atoms with Gasteiger partial charge < -0.3 is 14.6 Å². The average molecular weight is 530 g/mol. The lowest BCUT2D eigenvalue weighted by Crippen LogP contribution is -2.17. The van der Waals surface area contributed by atoms with Gasteiger partial charge in [0.2, 0.25) is 0 Å². The number of benzene rings is 3. The Morgan fingerprint density at radius 1 is 1.03 bits per heavy atom. The zero-order valence-electron chi connectivity index (χ0n) is 19.7. The lowest BCUT2D eigenvalue weighted by molar-refractivity contribution is -0.138. The molecule has 1 fully saturated rings. The average Bonchev–Trinajstić information content (AvgIpc) is 3.61. The minimum atomic E-state index is -4.73. The maximum absolute atomic E-state index is 14.3. The van der Waals surface area contributed by atoms with Crippen LogP contribution in [0.3, 0.4) is 0 Å². The summed E-state index contributed by atoms with van der Waals surface area (Å²) < 4.78 is 80.6. The fourth-order valence-electron chi connectivity index (χ4n) is 4.09. The van der Waals surface area contributed by atoms with E-state index in [1.165, 1.54) is 30.3 Å². The van der Waals surface area contributed by atoms with Gasteiger partial charge in [0.05, 0.1) is 22.8 Å². The van der Waals surface area contributed by atoms with Gasteiger partial charge >= 0.3 is 6.18 Å². The lowest BCUT2D eigenvalue weighted by atomic mass is 9.98. The van der Waals surface area contributed by atoms with Crippen molar-refractivity contribution in [3.63, 3.8) is 0 Å². The Bertz CT molecular complexity index is 1600. The predicted octanol–water partition coefficient (Wildman–Crippen LogP) is 7.16. The molecule has 1 amide bonds. The number of hydrogen-bond acceptors (Lipinski definition) is 4. The third-order valence-electron chi connectivity index (χ3n) is 6.09. The van der Waals surface area contributed by atoms with Crippen molar-refractivity contribution in [3.8, 4) is 22.8 Å². The van der Waals surface area contributed by atoms with E-state index in [1.807, 2.05) is 5.16 Å². The van der Waals surface area contributed by atoms with Crippen LogP contribution in [0.4, 0.5) is 27.6 Å². The summed E-state index contributed by atoms with van der Waals surface area (Å²) in [6, 6.07) is 9.96. The smallest absolute Gasteiger partial charge is 0.416 e. The van der Waals surface area contributed by atoms with Crippen LogP contribution >= 0.6 is 0 Å². The van der Waals surface area contributed by atoms with Crippen molar-refractivity contribution in [1.82, 2.24) is 5.16 Å². The molecule has 38 heavy (non-hydrogen) atoms. The highest BCUT2D eigenvalue weighted by Gasteiger charge is 2.40. The standard InChI is InChI=1S/C27H19F5N2O4/c1-13-8-15(28)4-7-22(13)37-23-11-17(14-2-3-14)20(27(30,31)32)10-19(23)26(36)33-16-5-6-21(29)18(9-16)24-12-25(35)34-38-24/h4-12,14H,2-3H2,1H3,(H,33,36)(H,34,35). The van der Waals surface area contributed by atoms with E-state index in [4.69, 9.17) is 9.26 Å². The summed E-state index contributed by atoms with van der Waals surface area (Å²) in [5, 5.41) is 4.48. The van der Waals surface area contributed by atoms with Gasteiger partial charge in [-0.15, -0.1) is 0 Å². The number of anilines is 1. The van der Waals surface area contributed by atoms with Crippen molar-refractivity contribution < 1.29 is 36.0 Å². The molecular weight excluding hydrogens is 511 g/mol. The van der Waals surface area contributed by atoms with Crippen LogP contribution in [0.1, 0.15) is 45.8 Å². The molecule has 1 aromatic heterocycles. The SMILES string of the molecule is Cc1cc(F)ccc1Oc1cc(C2CC2)c(C(F)(F)F)cc1C(=O)Nc1ccc(F)c(-c2cc(=O)[nH]o2)c1. The van der Waals surface area contributed by atoms with Crippen LogP contribution < -0.4 is 15.6 Å². The summed E-state index contributed by atoms with van der Waals surface area (Å²) >= 11 is 0. The molecule has 5 rings (SSSR count). The van der Waals surface area contributed by atoms with Crippen LogP contribution in [0.25, 0.3) is 11.3 Å². The van der Waals surface area contributed by atoms with E-state index in [0.717, 1.165) is 24.3 Å². The summed E-state index contributed by atoms with van der Waals surface area (Å²) in [6.45, 7) is 1.56. The van der Waals surface area contributed by atoms with Crippen molar-refractivity contribution in [2.24, 2.45) is 0 Å². The molecule has 1 aliphatic carbocycles. The minimum absolute atomic E-state index is 0.00960. The third kappa shape index (κ3) is 5.17. The number of amides is 1. The van der Waals surface area contributed by atoms with E-state index in [2.05, 4.69) is 5.32 Å². The van der Waals surface area contributed by atoms with E-state index in [9.17, 15) is 31.5 Å². The van der Waals surface area contributed by atoms with E-state index >= 15 is 0 Å². The number of halogens is 5. The highest BCUT2D eigenvalue weighted by atomic mass is 19.4. The second-order valence-electron chi connectivity index (χ2n) is 8.95. The van der Waals surface area contributed by atoms with Gasteiger partial charge in [-0.1, -0.05) is 0 Å². The van der Waals surface area contributed by atoms with Crippen LogP contribution in [-0.4, -0.2) is 11.1 Å². The van der Waals surface area contributed by atoms with Crippen molar-refractivity contribution >= 4 is 11.6 Å². The number of ether oxygens (including phenoxy) is 1. The summed E-state index contributed by atoms with van der Waals surface area (Å²) in [5.74, 6) is -2.68. The number of H-pyrrole nitrogens is 1. The molecular formula is C27H19F5N2O4. The number of aromatic nitrogens is 1. The molecule has 1 saturated carbocycles. The second kappa shape index (κ2) is 9.47. The van der Waals surface area contributed by atoms with Gasteiger partial charge in [-0.05, 0) is 85.3 Å². The molecule has 196 valence electrons. The molecule has 0 spiro atoms. The number of nitrogens with one attached hydrogen (secondary N) is 2. The van der Waals surface area contributed by atoms with Gasteiger partial charge in [0.25, 0.3) is 11.5 Å². The maximum Gasteiger partial charge on any atom is 0.416 e. The first kappa shape index (κ1) is 25.2. The molecule has 11 heteroatoms. The van der Waals surface area contributed by atoms with Crippen molar-refractivity contribution in [2.75, 3.05) is 5.32 Å². The second-order valence-corrected chi connectivity index (χ2v) is 8.95. The van der Waals surface area contributed by atoms with Crippen LogP contribution in [0.15, 0.2) is 63.9 Å². The topological polar surface area (TPSA) is 84.3 Å². The van der Waals surface area contributed by atoms with Crippen molar-refractivity contribution in [3.05, 3.63) is 98.8 Å². The normalized spacial score (nSPS) is 13.4. The molecule has 0 saturated heterocycles. The van der Waals surface area contributed by atoms with Gasteiger partial charge in [-0.2, -0.15) is 18.3 Å². The molecule has 0 unspecified atom stereocenters. The Hall–Kier alpha value is -4.41. The molecule has 0 aliphatic heterocycles. The molecule has 4 aromatic rings. The molecule has 0 atom stereocenters. The van der Waals surface area contributed by atoms with Gasteiger partial charge in [0.1, 0.15) is 23.1 Å². The molecule has 1 aliphatic rings. The number of carbonyl (C=O) groups excluding carboxylic acids is 1.